The molecule has 0 aromatic heterocycles. The zero-order valence-electron chi connectivity index (χ0n) is 13.1. The fourth-order valence-corrected chi connectivity index (χ4v) is 1.84. The lowest BCUT2D eigenvalue weighted by Crippen LogP contribution is -2.45. The van der Waals surface area contributed by atoms with Gasteiger partial charge in [-0.1, -0.05) is 50.1 Å². The first kappa shape index (κ1) is 18.5. The molecule has 0 saturated heterocycles. The molecule has 1 rings (SSSR count). The molecule has 7 heteroatoms. The molecule has 7 nitrogen and oxygen atoms in total. The zero-order valence-corrected chi connectivity index (χ0v) is 13.1. The third-order valence-electron chi connectivity index (χ3n) is 3.09. The summed E-state index contributed by atoms with van der Waals surface area (Å²) in [7, 11) is 0. The van der Waals surface area contributed by atoms with E-state index in [4.69, 9.17) is 9.84 Å². The van der Waals surface area contributed by atoms with Crippen molar-refractivity contribution in [1.82, 2.24) is 10.6 Å². The maximum absolute atomic E-state index is 11.7. The smallest absolute Gasteiger partial charge is 0.407 e. The summed E-state index contributed by atoms with van der Waals surface area (Å²) in [5.41, 5.74) is 0.831. The largest absolute Gasteiger partial charge is 0.480 e. The average molecular weight is 322 g/mol. The van der Waals surface area contributed by atoms with Crippen molar-refractivity contribution in [3.63, 3.8) is 0 Å². The zero-order chi connectivity index (χ0) is 17.1. The number of alkyl carbamates (subject to hydrolysis) is 1. The van der Waals surface area contributed by atoms with Crippen LogP contribution in [0.4, 0.5) is 4.79 Å². The molecule has 0 aliphatic carbocycles. The maximum Gasteiger partial charge on any atom is 0.407 e. The van der Waals surface area contributed by atoms with Crippen LogP contribution in [0.25, 0.3) is 0 Å². The van der Waals surface area contributed by atoms with Gasteiger partial charge in [-0.2, -0.15) is 0 Å². The number of unbranched alkanes of at least 4 members (excludes halogenated alkanes) is 1. The number of benzene rings is 1. The van der Waals surface area contributed by atoms with Crippen LogP contribution in [0.15, 0.2) is 30.3 Å². The number of aliphatic carboxylic acids is 1. The fourth-order valence-electron chi connectivity index (χ4n) is 1.84. The van der Waals surface area contributed by atoms with Crippen LogP contribution in [0.2, 0.25) is 0 Å². The van der Waals surface area contributed by atoms with Gasteiger partial charge in [-0.25, -0.2) is 9.59 Å². The normalized spacial score (nSPS) is 11.3. The predicted molar refractivity (Wildman–Crippen MR) is 83.7 cm³/mol. The molecule has 126 valence electrons. The molecule has 0 bridgehead atoms. The Morgan fingerprint density at radius 2 is 1.91 bits per heavy atom. The van der Waals surface area contributed by atoms with Crippen molar-refractivity contribution in [2.75, 3.05) is 6.54 Å². The number of hydrogen-bond donors (Lipinski definition) is 3. The first-order valence-electron chi connectivity index (χ1n) is 7.49. The fraction of sp³-hybridized carbons (Fsp3) is 0.438. The summed E-state index contributed by atoms with van der Waals surface area (Å²) in [6.45, 7) is 1.71. The first-order chi connectivity index (χ1) is 11.0. The van der Waals surface area contributed by atoms with Crippen molar-refractivity contribution < 1.29 is 24.2 Å². The highest BCUT2D eigenvalue weighted by molar-refractivity contribution is 5.86. The van der Waals surface area contributed by atoms with Crippen molar-refractivity contribution in [2.24, 2.45) is 0 Å². The van der Waals surface area contributed by atoms with Crippen molar-refractivity contribution >= 4 is 18.0 Å². The van der Waals surface area contributed by atoms with E-state index in [1.54, 1.807) is 0 Å². The van der Waals surface area contributed by atoms with Crippen LogP contribution in [-0.4, -0.2) is 35.7 Å². The number of nitrogens with one attached hydrogen (secondary N) is 2. The summed E-state index contributed by atoms with van der Waals surface area (Å²) < 4.78 is 4.95. The Bertz CT molecular complexity index is 518. The summed E-state index contributed by atoms with van der Waals surface area (Å²) in [5.74, 6) is -1.65. The van der Waals surface area contributed by atoms with Gasteiger partial charge in [0.05, 0.1) is 0 Å². The Balaban J connectivity index is 2.28. The van der Waals surface area contributed by atoms with Crippen LogP contribution < -0.4 is 10.6 Å². The highest BCUT2D eigenvalue weighted by Gasteiger charge is 2.19. The number of ether oxygens (including phenoxy) is 1. The molecule has 0 aliphatic rings. The predicted octanol–water partition coefficient (Wildman–Crippen LogP) is 1.67. The minimum Gasteiger partial charge on any atom is -0.480 e. The number of carboxylic acid groups (broad SMARTS) is 1. The van der Waals surface area contributed by atoms with Gasteiger partial charge in [-0.3, -0.25) is 4.79 Å². The maximum atomic E-state index is 11.7. The van der Waals surface area contributed by atoms with Gasteiger partial charge in [0.1, 0.15) is 19.2 Å². The Kier molecular flexibility index (Phi) is 8.20. The van der Waals surface area contributed by atoms with Gasteiger partial charge in [0, 0.05) is 0 Å². The summed E-state index contributed by atoms with van der Waals surface area (Å²) >= 11 is 0. The second-order valence-electron chi connectivity index (χ2n) is 5.02. The van der Waals surface area contributed by atoms with Crippen LogP contribution >= 0.6 is 0 Å². The lowest BCUT2D eigenvalue weighted by Gasteiger charge is -2.14. The van der Waals surface area contributed by atoms with E-state index < -0.39 is 24.0 Å². The number of carbonyl (C=O) groups is 3. The Morgan fingerprint density at radius 3 is 2.52 bits per heavy atom. The van der Waals surface area contributed by atoms with E-state index >= 15 is 0 Å². The van der Waals surface area contributed by atoms with Gasteiger partial charge in [0.2, 0.25) is 5.91 Å². The van der Waals surface area contributed by atoms with Crippen LogP contribution in [0.3, 0.4) is 0 Å². The number of carbonyl (C=O) groups excluding carboxylic acids is 2. The van der Waals surface area contributed by atoms with Crippen molar-refractivity contribution in [3.05, 3.63) is 35.9 Å². The number of amides is 2. The van der Waals surface area contributed by atoms with Crippen LogP contribution in [0, 0.1) is 0 Å². The van der Waals surface area contributed by atoms with Gasteiger partial charge >= 0.3 is 12.1 Å². The van der Waals surface area contributed by atoms with Crippen molar-refractivity contribution in [1.29, 1.82) is 0 Å². The first-order valence-corrected chi connectivity index (χ1v) is 7.49. The van der Waals surface area contributed by atoms with Crippen LogP contribution in [-0.2, 0) is 20.9 Å². The minimum absolute atomic E-state index is 0.0997. The second kappa shape index (κ2) is 10.2. The van der Waals surface area contributed by atoms with Crippen molar-refractivity contribution in [2.45, 2.75) is 38.8 Å². The standard InChI is InChI=1S/C16H22N2O5/c1-2-3-9-13(15(20)21)18-14(19)10-17-16(22)23-11-12-7-5-4-6-8-12/h4-8,13H,2-3,9-11H2,1H3,(H,17,22)(H,18,19)(H,20,21)/t13-/m1/s1. The monoisotopic (exact) mass is 322 g/mol. The topological polar surface area (TPSA) is 105 Å². The van der Waals surface area contributed by atoms with E-state index in [0.717, 1.165) is 12.0 Å². The van der Waals surface area contributed by atoms with E-state index in [9.17, 15) is 14.4 Å². The molecule has 0 saturated carbocycles. The van der Waals surface area contributed by atoms with Gasteiger partial charge < -0.3 is 20.5 Å². The van der Waals surface area contributed by atoms with E-state index in [-0.39, 0.29) is 13.2 Å². The molecule has 23 heavy (non-hydrogen) atoms. The molecule has 0 aliphatic heterocycles. The van der Waals surface area contributed by atoms with Gasteiger partial charge in [-0.15, -0.1) is 0 Å². The number of carboxylic acids is 1. The Hall–Kier alpha value is -2.57. The SMILES string of the molecule is CCCC[C@@H](NC(=O)CNC(=O)OCc1ccccc1)C(=O)O. The molecule has 1 aromatic carbocycles. The molecule has 0 unspecified atom stereocenters. The molecule has 0 spiro atoms. The van der Waals surface area contributed by atoms with Crippen LogP contribution in [0.5, 0.6) is 0 Å². The third kappa shape index (κ3) is 7.85. The second-order valence-corrected chi connectivity index (χ2v) is 5.02. The molecule has 1 atom stereocenters. The number of hydrogen-bond acceptors (Lipinski definition) is 4. The molecular formula is C16H22N2O5. The van der Waals surface area contributed by atoms with E-state index in [0.29, 0.717) is 12.8 Å². The van der Waals surface area contributed by atoms with Crippen LogP contribution in [0.1, 0.15) is 31.7 Å². The lowest BCUT2D eigenvalue weighted by atomic mass is 10.1. The molecule has 2 amide bonds. The summed E-state index contributed by atoms with van der Waals surface area (Å²) in [4.78, 5) is 34.1. The molecule has 0 fully saturated rings. The number of rotatable bonds is 9. The minimum atomic E-state index is -1.08. The van der Waals surface area contributed by atoms with Gasteiger partial charge in [0.15, 0.2) is 0 Å². The highest BCUT2D eigenvalue weighted by Crippen LogP contribution is 2.01. The quantitative estimate of drug-likeness (QED) is 0.641. The molecule has 0 radical (unpaired) electrons. The summed E-state index contributed by atoms with van der Waals surface area (Å²) in [6, 6.07) is 8.19. The van der Waals surface area contributed by atoms with Crippen molar-refractivity contribution in [3.8, 4) is 0 Å². The lowest BCUT2D eigenvalue weighted by molar-refractivity contribution is -0.141. The average Bonchev–Trinajstić information content (AvgIpc) is 2.55. The summed E-state index contributed by atoms with van der Waals surface area (Å²) in [5, 5.41) is 13.7. The third-order valence-corrected chi connectivity index (χ3v) is 3.09. The van der Waals surface area contributed by atoms with Gasteiger partial charge in [0.25, 0.3) is 0 Å². The molecule has 0 heterocycles. The highest BCUT2D eigenvalue weighted by atomic mass is 16.5. The molecule has 1 aromatic rings. The van der Waals surface area contributed by atoms with E-state index in [1.807, 2.05) is 37.3 Å². The molecular weight excluding hydrogens is 300 g/mol. The molecule has 3 N–H and O–H groups in total. The Labute approximate surface area is 135 Å². The van der Waals surface area contributed by atoms with E-state index in [1.165, 1.54) is 0 Å². The summed E-state index contributed by atoms with van der Waals surface area (Å²) in [6.07, 6.45) is 1.16. The Morgan fingerprint density at radius 1 is 1.22 bits per heavy atom. The van der Waals surface area contributed by atoms with E-state index in [2.05, 4.69) is 10.6 Å². The van der Waals surface area contributed by atoms with Gasteiger partial charge in [-0.05, 0) is 12.0 Å².